The van der Waals surface area contributed by atoms with E-state index < -0.39 is 17.6 Å². The molecule has 2 aromatic carbocycles. The molecular formula is C21H22BrClFN3O5. The molecular weight excluding hydrogens is 509 g/mol. The van der Waals surface area contributed by atoms with Gasteiger partial charge < -0.3 is 19.5 Å². The van der Waals surface area contributed by atoms with Crippen LogP contribution in [0.25, 0.3) is 0 Å². The number of hydrazone groups is 1. The molecule has 2 N–H and O–H groups in total. The molecule has 11 heteroatoms. The number of amides is 2. The number of nitrogens with one attached hydrogen (secondary N) is 2. The summed E-state index contributed by atoms with van der Waals surface area (Å²) in [5.74, 6) is -1.49. The average molecular weight is 531 g/mol. The van der Waals surface area contributed by atoms with E-state index in [9.17, 15) is 14.0 Å². The third-order valence-corrected chi connectivity index (χ3v) is 5.01. The third kappa shape index (κ3) is 7.47. The minimum Gasteiger partial charge on any atom is -0.493 e. The van der Waals surface area contributed by atoms with Gasteiger partial charge in [-0.25, -0.2) is 9.82 Å². The minimum atomic E-state index is -0.897. The average Bonchev–Trinajstić information content (AvgIpc) is 2.76. The highest BCUT2D eigenvalue weighted by Gasteiger charge is 2.15. The van der Waals surface area contributed by atoms with Gasteiger partial charge in [-0.2, -0.15) is 5.10 Å². The highest BCUT2D eigenvalue weighted by Crippen LogP contribution is 2.37. The van der Waals surface area contributed by atoms with Crippen molar-refractivity contribution in [3.63, 3.8) is 0 Å². The van der Waals surface area contributed by atoms with E-state index in [2.05, 4.69) is 31.8 Å². The fourth-order valence-electron chi connectivity index (χ4n) is 2.48. The molecule has 0 aliphatic carbocycles. The molecule has 2 amide bonds. The van der Waals surface area contributed by atoms with Gasteiger partial charge in [-0.1, -0.05) is 17.7 Å². The third-order valence-electron chi connectivity index (χ3n) is 4.07. The Morgan fingerprint density at radius 2 is 2.03 bits per heavy atom. The molecule has 0 saturated carbocycles. The van der Waals surface area contributed by atoms with Crippen LogP contribution in [-0.2, 0) is 20.9 Å². The molecule has 0 aliphatic rings. The molecule has 0 heterocycles. The topological polar surface area (TPSA) is 98.2 Å². The highest BCUT2D eigenvalue weighted by atomic mass is 79.9. The van der Waals surface area contributed by atoms with Gasteiger partial charge in [0.15, 0.2) is 11.5 Å². The minimum absolute atomic E-state index is 0.108. The van der Waals surface area contributed by atoms with Gasteiger partial charge in [0.25, 0.3) is 0 Å². The Balaban J connectivity index is 2.01. The predicted octanol–water partition coefficient (Wildman–Crippen LogP) is 3.43. The van der Waals surface area contributed by atoms with E-state index >= 15 is 0 Å². The van der Waals surface area contributed by atoms with Crippen LogP contribution in [0.4, 0.5) is 4.39 Å². The lowest BCUT2D eigenvalue weighted by atomic mass is 10.2. The highest BCUT2D eigenvalue weighted by molar-refractivity contribution is 9.10. The Morgan fingerprint density at radius 3 is 2.72 bits per heavy atom. The first-order valence-electron chi connectivity index (χ1n) is 9.40. The van der Waals surface area contributed by atoms with Crippen molar-refractivity contribution in [3.05, 3.63) is 56.8 Å². The van der Waals surface area contributed by atoms with Gasteiger partial charge in [-0.3, -0.25) is 9.59 Å². The molecule has 0 bridgehead atoms. The van der Waals surface area contributed by atoms with Crippen LogP contribution in [-0.4, -0.2) is 45.4 Å². The van der Waals surface area contributed by atoms with Crippen LogP contribution in [0.2, 0.25) is 5.02 Å². The van der Waals surface area contributed by atoms with Gasteiger partial charge in [0.05, 0.1) is 22.8 Å². The van der Waals surface area contributed by atoms with Crippen molar-refractivity contribution in [1.82, 2.24) is 10.7 Å². The summed E-state index contributed by atoms with van der Waals surface area (Å²) in [7, 11) is 3.00. The lowest BCUT2D eigenvalue weighted by molar-refractivity contribution is -0.139. The second kappa shape index (κ2) is 13.0. The molecule has 0 radical (unpaired) electrons. The first kappa shape index (κ1) is 25.6. The maximum atomic E-state index is 14.0. The van der Waals surface area contributed by atoms with Gasteiger partial charge in [0, 0.05) is 25.8 Å². The summed E-state index contributed by atoms with van der Waals surface area (Å²) in [6.45, 7) is 0.681. The van der Waals surface area contributed by atoms with Gasteiger partial charge in [0.2, 0.25) is 0 Å². The molecule has 0 unspecified atom stereocenters. The quantitative estimate of drug-likeness (QED) is 0.212. The van der Waals surface area contributed by atoms with Crippen molar-refractivity contribution in [3.8, 4) is 11.5 Å². The fourth-order valence-corrected chi connectivity index (χ4v) is 3.28. The Labute approximate surface area is 198 Å². The summed E-state index contributed by atoms with van der Waals surface area (Å²) in [4.78, 5) is 23.4. The number of methoxy groups -OCH3 is 2. The molecule has 2 rings (SSSR count). The zero-order chi connectivity index (χ0) is 23.5. The molecule has 0 spiro atoms. The zero-order valence-corrected chi connectivity index (χ0v) is 19.8. The second-order valence-corrected chi connectivity index (χ2v) is 7.59. The van der Waals surface area contributed by atoms with Gasteiger partial charge in [0.1, 0.15) is 12.4 Å². The van der Waals surface area contributed by atoms with Crippen LogP contribution in [0.1, 0.15) is 17.5 Å². The smallest absolute Gasteiger partial charge is 0.329 e. The number of hydrogen-bond donors (Lipinski definition) is 2. The van der Waals surface area contributed by atoms with Crippen molar-refractivity contribution >= 4 is 45.6 Å². The number of nitrogens with zero attached hydrogens (tertiary/aromatic N) is 1. The van der Waals surface area contributed by atoms with Crippen LogP contribution >= 0.6 is 27.5 Å². The molecule has 0 aromatic heterocycles. The Bertz CT molecular complexity index is 970. The van der Waals surface area contributed by atoms with Crippen molar-refractivity contribution < 1.29 is 28.2 Å². The predicted molar refractivity (Wildman–Crippen MR) is 122 cm³/mol. The molecule has 0 fully saturated rings. The van der Waals surface area contributed by atoms with E-state index in [4.69, 9.17) is 25.8 Å². The number of rotatable bonds is 10. The Morgan fingerprint density at radius 1 is 1.25 bits per heavy atom. The number of benzene rings is 2. The molecule has 2 aromatic rings. The lowest BCUT2D eigenvalue weighted by Gasteiger charge is -2.14. The van der Waals surface area contributed by atoms with Crippen molar-refractivity contribution in [1.29, 1.82) is 0 Å². The zero-order valence-electron chi connectivity index (χ0n) is 17.4. The summed E-state index contributed by atoms with van der Waals surface area (Å²) in [5, 5.41) is 6.48. The van der Waals surface area contributed by atoms with E-state index in [0.717, 1.165) is 0 Å². The van der Waals surface area contributed by atoms with Gasteiger partial charge in [-0.05, 0) is 52.2 Å². The summed E-state index contributed by atoms with van der Waals surface area (Å²) < 4.78 is 30.4. The number of hydrogen-bond acceptors (Lipinski definition) is 6. The summed E-state index contributed by atoms with van der Waals surface area (Å²) in [5.41, 5.74) is 2.91. The summed E-state index contributed by atoms with van der Waals surface area (Å²) in [6.07, 6.45) is 1.92. The van der Waals surface area contributed by atoms with Crippen LogP contribution in [0, 0.1) is 5.82 Å². The molecule has 0 saturated heterocycles. The number of halogens is 3. The maximum Gasteiger partial charge on any atom is 0.329 e. The summed E-state index contributed by atoms with van der Waals surface area (Å²) in [6, 6.07) is 7.63. The normalized spacial score (nSPS) is 10.8. The second-order valence-electron chi connectivity index (χ2n) is 6.32. The van der Waals surface area contributed by atoms with Gasteiger partial charge >= 0.3 is 11.8 Å². The SMILES string of the molecule is COCCCNC(=O)C(=O)N/N=C\c1cc(Br)c(OCc2c(F)cccc2Cl)c(OC)c1. The van der Waals surface area contributed by atoms with E-state index in [1.807, 2.05) is 0 Å². The number of carbonyl (C=O) groups excluding carboxylic acids is 2. The first-order valence-corrected chi connectivity index (χ1v) is 10.6. The number of carbonyl (C=O) groups is 2. The Hall–Kier alpha value is -2.69. The first-order chi connectivity index (χ1) is 15.4. The van der Waals surface area contributed by atoms with Crippen LogP contribution in [0.3, 0.4) is 0 Å². The van der Waals surface area contributed by atoms with E-state index in [1.54, 1.807) is 25.3 Å². The molecule has 0 aliphatic heterocycles. The lowest BCUT2D eigenvalue weighted by Crippen LogP contribution is -2.38. The van der Waals surface area contributed by atoms with Crippen molar-refractivity contribution in [2.75, 3.05) is 27.4 Å². The monoisotopic (exact) mass is 529 g/mol. The Kier molecular flexibility index (Phi) is 10.4. The van der Waals surface area contributed by atoms with Crippen molar-refractivity contribution in [2.45, 2.75) is 13.0 Å². The molecule has 172 valence electrons. The molecule has 8 nitrogen and oxygen atoms in total. The molecule has 32 heavy (non-hydrogen) atoms. The standard InChI is InChI=1S/C21H22BrClFN3O5/c1-30-8-4-7-25-20(28)21(29)27-26-11-13-9-15(22)19(18(10-13)31-2)32-12-14-16(23)5-3-6-17(14)24/h3,5-6,9-11H,4,7-8,12H2,1-2H3,(H,25,28)(H,27,29)/b26-11-. The van der Waals surface area contributed by atoms with E-state index in [0.29, 0.717) is 41.1 Å². The maximum absolute atomic E-state index is 14.0. The molecule has 0 atom stereocenters. The van der Waals surface area contributed by atoms with Crippen molar-refractivity contribution in [2.24, 2.45) is 5.10 Å². The van der Waals surface area contributed by atoms with Crippen LogP contribution in [0.15, 0.2) is 39.9 Å². The van der Waals surface area contributed by atoms with E-state index in [1.165, 1.54) is 25.5 Å². The van der Waals surface area contributed by atoms with Gasteiger partial charge in [-0.15, -0.1) is 0 Å². The fraction of sp³-hybridized carbons (Fsp3) is 0.286. The summed E-state index contributed by atoms with van der Waals surface area (Å²) >= 11 is 9.41. The number of ether oxygens (including phenoxy) is 3. The largest absolute Gasteiger partial charge is 0.493 e. The van der Waals surface area contributed by atoms with E-state index in [-0.39, 0.29) is 17.2 Å². The van der Waals surface area contributed by atoms with Crippen LogP contribution < -0.4 is 20.2 Å². The van der Waals surface area contributed by atoms with Crippen LogP contribution in [0.5, 0.6) is 11.5 Å².